The van der Waals surface area contributed by atoms with E-state index in [1.165, 1.54) is 30.4 Å². The number of hydrogen-bond acceptors (Lipinski definition) is 1. The Kier molecular flexibility index (Phi) is 5.90. The van der Waals surface area contributed by atoms with Crippen LogP contribution in [0, 0.1) is 19.8 Å². The monoisotopic (exact) mass is 246 g/mol. The molecule has 1 fully saturated rings. The fourth-order valence-electron chi connectivity index (χ4n) is 1.82. The van der Waals surface area contributed by atoms with E-state index in [-0.39, 0.29) is 0 Å². The molecule has 2 nitrogen and oxygen atoms in total. The fraction of sp³-hybridized carbons (Fsp3) is 0.562. The van der Waals surface area contributed by atoms with Crippen molar-refractivity contribution in [2.45, 2.75) is 47.0 Å². The maximum Gasteiger partial charge on any atom is 0.0972 e. The van der Waals surface area contributed by atoms with Gasteiger partial charge in [-0.25, -0.2) is 0 Å². The van der Waals surface area contributed by atoms with Gasteiger partial charge in [0.1, 0.15) is 0 Å². The average Bonchev–Trinajstić information content (AvgIpc) is 2.31. The molecule has 0 bridgehead atoms. The van der Waals surface area contributed by atoms with Gasteiger partial charge in [-0.3, -0.25) is 4.99 Å². The molecule has 0 aliphatic heterocycles. The van der Waals surface area contributed by atoms with Crippen molar-refractivity contribution in [1.29, 1.82) is 0 Å². The molecule has 1 N–H and O–H groups in total. The zero-order valence-electron chi connectivity index (χ0n) is 12.4. The average molecular weight is 246 g/mol. The molecule has 1 saturated carbocycles. The van der Waals surface area contributed by atoms with Crippen molar-refractivity contribution in [2.75, 3.05) is 12.4 Å². The Bertz CT molecular complexity index is 404. The lowest BCUT2D eigenvalue weighted by Crippen LogP contribution is -2.07. The summed E-state index contributed by atoms with van der Waals surface area (Å²) in [6, 6.07) is 6.34. The van der Waals surface area contributed by atoms with Gasteiger partial charge in [0.25, 0.3) is 0 Å². The first-order valence-corrected chi connectivity index (χ1v) is 6.80. The number of amidine groups is 1. The van der Waals surface area contributed by atoms with Crippen LogP contribution in [0.5, 0.6) is 0 Å². The van der Waals surface area contributed by atoms with Crippen LogP contribution in [-0.4, -0.2) is 12.9 Å². The van der Waals surface area contributed by atoms with Gasteiger partial charge in [-0.05, 0) is 38.3 Å². The van der Waals surface area contributed by atoms with E-state index < -0.39 is 0 Å². The molecule has 0 amide bonds. The lowest BCUT2D eigenvalue weighted by molar-refractivity contribution is 0.346. The van der Waals surface area contributed by atoms with Crippen LogP contribution in [0.2, 0.25) is 0 Å². The minimum Gasteiger partial charge on any atom is -0.344 e. The molecule has 0 atom stereocenters. The summed E-state index contributed by atoms with van der Waals surface area (Å²) in [6.45, 7) is 8.46. The molecular weight excluding hydrogens is 220 g/mol. The number of hydrogen-bond donors (Lipinski definition) is 1. The number of aryl methyl sites for hydroxylation is 2. The smallest absolute Gasteiger partial charge is 0.0972 e. The van der Waals surface area contributed by atoms with Crippen LogP contribution in [0.25, 0.3) is 0 Å². The van der Waals surface area contributed by atoms with E-state index in [1.807, 2.05) is 6.92 Å². The Morgan fingerprint density at radius 3 is 2.28 bits per heavy atom. The summed E-state index contributed by atoms with van der Waals surface area (Å²) >= 11 is 0. The molecule has 100 valence electrons. The summed E-state index contributed by atoms with van der Waals surface area (Å²) < 4.78 is 0. The molecule has 1 aliphatic carbocycles. The minimum atomic E-state index is 0.937. The van der Waals surface area contributed by atoms with Gasteiger partial charge in [-0.2, -0.15) is 0 Å². The fourth-order valence-corrected chi connectivity index (χ4v) is 1.82. The molecule has 0 heterocycles. The maximum absolute atomic E-state index is 4.05. The van der Waals surface area contributed by atoms with E-state index in [1.54, 1.807) is 7.05 Å². The molecule has 1 aliphatic rings. The molecule has 2 rings (SSSR count). The molecule has 0 saturated heterocycles. The predicted octanol–water partition coefficient (Wildman–Crippen LogP) is 4.57. The third kappa shape index (κ3) is 4.91. The Balaban J connectivity index is 0.000000269. The summed E-state index contributed by atoms with van der Waals surface area (Å²) in [6.07, 6.45) is 4.46. The van der Waals surface area contributed by atoms with Gasteiger partial charge in [0, 0.05) is 12.7 Å². The van der Waals surface area contributed by atoms with Gasteiger partial charge < -0.3 is 5.32 Å². The number of anilines is 1. The van der Waals surface area contributed by atoms with Crippen molar-refractivity contribution in [2.24, 2.45) is 10.9 Å². The van der Waals surface area contributed by atoms with Gasteiger partial charge in [-0.15, -0.1) is 0 Å². The number of nitrogens with zero attached hydrogens (tertiary/aromatic N) is 1. The third-order valence-electron chi connectivity index (χ3n) is 3.43. The molecular formula is C16H26N2. The van der Waals surface area contributed by atoms with E-state index in [0.717, 1.165) is 17.4 Å². The quantitative estimate of drug-likeness (QED) is 0.569. The maximum atomic E-state index is 4.05. The van der Waals surface area contributed by atoms with Crippen LogP contribution in [0.3, 0.4) is 0 Å². The standard InChI is InChI=1S/C11H16N2.C5H10/c1-8-5-6-11(9(2)7-8)13-10(3)12-4;1-5-3-2-4-5/h5-7H,1-4H3,(H,12,13);5H,2-4H2,1H3. The van der Waals surface area contributed by atoms with Gasteiger partial charge >= 0.3 is 0 Å². The summed E-state index contributed by atoms with van der Waals surface area (Å²) in [5.74, 6) is 2.00. The second kappa shape index (κ2) is 7.20. The van der Waals surface area contributed by atoms with E-state index in [9.17, 15) is 0 Å². The third-order valence-corrected chi connectivity index (χ3v) is 3.43. The summed E-state index contributed by atoms with van der Waals surface area (Å²) in [4.78, 5) is 4.05. The van der Waals surface area contributed by atoms with E-state index in [0.29, 0.717) is 0 Å². The van der Waals surface area contributed by atoms with Gasteiger partial charge in [0.05, 0.1) is 5.84 Å². The lowest BCUT2D eigenvalue weighted by Gasteiger charge is -2.18. The van der Waals surface area contributed by atoms with E-state index in [2.05, 4.69) is 49.3 Å². The van der Waals surface area contributed by atoms with Crippen molar-refractivity contribution < 1.29 is 0 Å². The molecule has 0 unspecified atom stereocenters. The highest BCUT2D eigenvalue weighted by Gasteiger charge is 2.09. The van der Waals surface area contributed by atoms with Crippen LogP contribution in [-0.2, 0) is 0 Å². The largest absolute Gasteiger partial charge is 0.344 e. The molecule has 1 aromatic carbocycles. The highest BCUT2D eigenvalue weighted by molar-refractivity contribution is 5.94. The topological polar surface area (TPSA) is 24.4 Å². The summed E-state index contributed by atoms with van der Waals surface area (Å²) in [5.41, 5.74) is 3.67. The molecule has 0 aromatic heterocycles. The van der Waals surface area contributed by atoms with Crippen molar-refractivity contribution in [3.8, 4) is 0 Å². The molecule has 1 aromatic rings. The SMILES string of the molecule is CC1CCC1.CN=C(C)Nc1ccc(C)cc1C. The van der Waals surface area contributed by atoms with Crippen LogP contribution < -0.4 is 5.32 Å². The van der Waals surface area contributed by atoms with Crippen molar-refractivity contribution in [3.05, 3.63) is 29.3 Å². The van der Waals surface area contributed by atoms with Crippen LogP contribution in [0.1, 0.15) is 44.2 Å². The molecule has 18 heavy (non-hydrogen) atoms. The summed E-state index contributed by atoms with van der Waals surface area (Å²) in [5, 5.41) is 3.24. The van der Waals surface area contributed by atoms with Crippen LogP contribution in [0.4, 0.5) is 5.69 Å². The van der Waals surface area contributed by atoms with Gasteiger partial charge in [0.2, 0.25) is 0 Å². The first-order chi connectivity index (χ1) is 8.52. The number of benzene rings is 1. The van der Waals surface area contributed by atoms with E-state index >= 15 is 0 Å². The Hall–Kier alpha value is -1.31. The number of nitrogens with one attached hydrogen (secondary N) is 1. The molecule has 0 spiro atoms. The van der Waals surface area contributed by atoms with Gasteiger partial charge in [-0.1, -0.05) is 43.9 Å². The van der Waals surface area contributed by atoms with Crippen molar-refractivity contribution in [3.63, 3.8) is 0 Å². The second-order valence-electron chi connectivity index (χ2n) is 5.29. The van der Waals surface area contributed by atoms with E-state index in [4.69, 9.17) is 0 Å². The Labute approximate surface area is 112 Å². The van der Waals surface area contributed by atoms with Crippen LogP contribution in [0.15, 0.2) is 23.2 Å². The zero-order valence-corrected chi connectivity index (χ0v) is 12.4. The van der Waals surface area contributed by atoms with Gasteiger partial charge in [0.15, 0.2) is 0 Å². The highest BCUT2D eigenvalue weighted by Crippen LogP contribution is 2.24. The predicted molar refractivity (Wildman–Crippen MR) is 81.6 cm³/mol. The first-order valence-electron chi connectivity index (χ1n) is 6.80. The van der Waals surface area contributed by atoms with Crippen molar-refractivity contribution in [1.82, 2.24) is 0 Å². The Morgan fingerprint density at radius 2 is 1.89 bits per heavy atom. The lowest BCUT2D eigenvalue weighted by atomic mass is 9.88. The number of aliphatic imine (C=N–C) groups is 1. The zero-order chi connectivity index (χ0) is 13.5. The summed E-state index contributed by atoms with van der Waals surface area (Å²) in [7, 11) is 1.78. The Morgan fingerprint density at radius 1 is 1.28 bits per heavy atom. The second-order valence-corrected chi connectivity index (χ2v) is 5.29. The first kappa shape index (κ1) is 14.7. The molecule has 2 heteroatoms. The normalized spacial score (nSPS) is 15.5. The highest BCUT2D eigenvalue weighted by atomic mass is 15.0. The molecule has 0 radical (unpaired) electrons. The van der Waals surface area contributed by atoms with Crippen molar-refractivity contribution >= 4 is 11.5 Å². The number of rotatable bonds is 1. The van der Waals surface area contributed by atoms with Crippen LogP contribution >= 0.6 is 0 Å². The minimum absolute atomic E-state index is 0.937.